The molecule has 2 aromatic carbocycles. The number of Topliss-reactive ketones (excluding diaryl/α,β-unsaturated/α-hetero) is 1. The number of nitrogens with zero attached hydrogens (tertiary/aromatic N) is 3. The van der Waals surface area contributed by atoms with E-state index in [1.165, 1.54) is 36.4 Å². The highest BCUT2D eigenvalue weighted by molar-refractivity contribution is 7.89. The Kier molecular flexibility index (Phi) is 8.86. The molecule has 214 valence electrons. The van der Waals surface area contributed by atoms with Crippen molar-refractivity contribution in [1.82, 2.24) is 19.4 Å². The molecule has 0 bridgehead atoms. The number of carbonyl (C=O) groups is 4. The molecule has 0 saturated carbocycles. The second-order valence-corrected chi connectivity index (χ2v) is 11.8. The van der Waals surface area contributed by atoms with Gasteiger partial charge in [0, 0.05) is 39.0 Å². The standard InChI is InChI=1S/C27H32N4O8S/c1-18-3-9-22(10-4-18)40(37,38)31(25(33)23-16-20(32)17-28-23)24(26(34)35)15-19-5-7-21(8-6-19)39-27(36)30-13-11-29(2)12-14-30/h3-10,23-24,28H,11-17H2,1-2H3,(H,34,35)/t23-,24-/m0/s1. The van der Waals surface area contributed by atoms with Gasteiger partial charge in [-0.1, -0.05) is 29.8 Å². The van der Waals surface area contributed by atoms with E-state index >= 15 is 0 Å². The molecule has 2 aliphatic heterocycles. The van der Waals surface area contributed by atoms with E-state index < -0.39 is 40.1 Å². The van der Waals surface area contributed by atoms with Crippen LogP contribution in [0.25, 0.3) is 0 Å². The summed E-state index contributed by atoms with van der Waals surface area (Å²) in [6.45, 7) is 4.19. The monoisotopic (exact) mass is 572 g/mol. The van der Waals surface area contributed by atoms with Crippen molar-refractivity contribution in [2.75, 3.05) is 39.8 Å². The van der Waals surface area contributed by atoms with Crippen LogP contribution in [0.3, 0.4) is 0 Å². The van der Waals surface area contributed by atoms with Crippen molar-refractivity contribution in [1.29, 1.82) is 0 Å². The first-order valence-electron chi connectivity index (χ1n) is 12.8. The summed E-state index contributed by atoms with van der Waals surface area (Å²) in [5, 5.41) is 12.8. The van der Waals surface area contributed by atoms with Crippen molar-refractivity contribution >= 4 is 33.8 Å². The molecule has 0 aliphatic carbocycles. The molecule has 12 nitrogen and oxygen atoms in total. The summed E-state index contributed by atoms with van der Waals surface area (Å²) in [5.74, 6) is -2.58. The fourth-order valence-corrected chi connectivity index (χ4v) is 6.11. The van der Waals surface area contributed by atoms with Gasteiger partial charge < -0.3 is 19.6 Å². The molecule has 40 heavy (non-hydrogen) atoms. The van der Waals surface area contributed by atoms with E-state index in [1.807, 2.05) is 7.05 Å². The predicted octanol–water partition coefficient (Wildman–Crippen LogP) is 0.885. The number of carboxylic acid groups (broad SMARTS) is 1. The average Bonchev–Trinajstić information content (AvgIpc) is 3.36. The van der Waals surface area contributed by atoms with Gasteiger partial charge in [0.2, 0.25) is 0 Å². The highest BCUT2D eigenvalue weighted by atomic mass is 32.2. The lowest BCUT2D eigenvalue weighted by Crippen LogP contribution is -2.54. The molecular weight excluding hydrogens is 540 g/mol. The fraction of sp³-hybridized carbons (Fsp3) is 0.407. The van der Waals surface area contributed by atoms with Gasteiger partial charge in [0.15, 0.2) is 0 Å². The number of benzene rings is 2. The van der Waals surface area contributed by atoms with Gasteiger partial charge in [-0.05, 0) is 43.8 Å². The van der Waals surface area contributed by atoms with Crippen LogP contribution in [0.2, 0.25) is 0 Å². The Bertz CT molecular complexity index is 1370. The number of piperazine rings is 1. The van der Waals surface area contributed by atoms with Gasteiger partial charge in [0.1, 0.15) is 17.6 Å². The molecule has 2 N–H and O–H groups in total. The first-order valence-corrected chi connectivity index (χ1v) is 14.3. The third-order valence-corrected chi connectivity index (χ3v) is 8.78. The molecule has 2 amide bonds. The zero-order valence-electron chi connectivity index (χ0n) is 22.3. The summed E-state index contributed by atoms with van der Waals surface area (Å²) in [4.78, 5) is 53.7. The Morgan fingerprint density at radius 3 is 2.23 bits per heavy atom. The average molecular weight is 573 g/mol. The Hall–Kier alpha value is -3.81. The van der Waals surface area contributed by atoms with Crippen molar-refractivity contribution in [2.45, 2.75) is 36.7 Å². The van der Waals surface area contributed by atoms with Crippen LogP contribution in [0, 0.1) is 6.92 Å². The maximum absolute atomic E-state index is 13.7. The molecular formula is C27H32N4O8S. The first-order chi connectivity index (χ1) is 19.0. The number of hydrogen-bond donors (Lipinski definition) is 2. The maximum Gasteiger partial charge on any atom is 0.415 e. The molecule has 0 spiro atoms. The van der Waals surface area contributed by atoms with Gasteiger partial charge in [-0.15, -0.1) is 0 Å². The van der Waals surface area contributed by atoms with Crippen molar-refractivity contribution < 1.29 is 37.4 Å². The van der Waals surface area contributed by atoms with Gasteiger partial charge in [-0.25, -0.2) is 22.3 Å². The largest absolute Gasteiger partial charge is 0.480 e. The van der Waals surface area contributed by atoms with Crippen molar-refractivity contribution in [3.8, 4) is 5.75 Å². The normalized spacial score (nSPS) is 18.8. The van der Waals surface area contributed by atoms with Crippen LogP contribution < -0.4 is 10.1 Å². The van der Waals surface area contributed by atoms with E-state index in [0.29, 0.717) is 23.0 Å². The summed E-state index contributed by atoms with van der Waals surface area (Å²) >= 11 is 0. The van der Waals surface area contributed by atoms with Gasteiger partial charge >= 0.3 is 12.1 Å². The lowest BCUT2D eigenvalue weighted by Gasteiger charge is -2.31. The molecule has 0 unspecified atom stereocenters. The van der Waals surface area contributed by atoms with Crippen LogP contribution in [0.1, 0.15) is 17.5 Å². The van der Waals surface area contributed by atoms with Crippen molar-refractivity contribution in [2.24, 2.45) is 0 Å². The van der Waals surface area contributed by atoms with Crippen LogP contribution in [-0.4, -0.2) is 103 Å². The Morgan fingerprint density at radius 2 is 1.68 bits per heavy atom. The molecule has 0 aromatic heterocycles. The second kappa shape index (κ2) is 12.1. The Morgan fingerprint density at radius 1 is 1.05 bits per heavy atom. The number of aryl methyl sites for hydroxylation is 1. The number of nitrogens with one attached hydrogen (secondary N) is 1. The van der Waals surface area contributed by atoms with Crippen molar-refractivity contribution in [3.05, 3.63) is 59.7 Å². The summed E-state index contributed by atoms with van der Waals surface area (Å²) in [7, 11) is -2.63. The minimum Gasteiger partial charge on any atom is -0.480 e. The molecule has 2 aliphatic rings. The van der Waals surface area contributed by atoms with Crippen LogP contribution in [-0.2, 0) is 30.8 Å². The highest BCUT2D eigenvalue weighted by Crippen LogP contribution is 2.25. The summed E-state index contributed by atoms with van der Waals surface area (Å²) in [5.41, 5.74) is 1.18. The SMILES string of the molecule is Cc1ccc(S(=O)(=O)N(C(=O)[C@@H]2CC(=O)CN2)[C@@H](Cc2ccc(OC(=O)N3CCN(C)CC3)cc2)C(=O)O)cc1. The molecule has 2 atom stereocenters. The minimum absolute atomic E-state index is 0.110. The molecule has 2 saturated heterocycles. The predicted molar refractivity (Wildman–Crippen MR) is 143 cm³/mol. The third-order valence-electron chi connectivity index (χ3n) is 6.96. The van der Waals surface area contributed by atoms with Gasteiger partial charge in [0.25, 0.3) is 15.9 Å². The zero-order chi connectivity index (χ0) is 29.0. The van der Waals surface area contributed by atoms with E-state index in [1.54, 1.807) is 24.0 Å². The van der Waals surface area contributed by atoms with E-state index in [0.717, 1.165) is 18.7 Å². The van der Waals surface area contributed by atoms with Crippen LogP contribution in [0.5, 0.6) is 5.75 Å². The number of rotatable bonds is 8. The van der Waals surface area contributed by atoms with Gasteiger partial charge in [-0.3, -0.25) is 14.9 Å². The smallest absolute Gasteiger partial charge is 0.415 e. The van der Waals surface area contributed by atoms with Crippen LogP contribution >= 0.6 is 0 Å². The molecule has 4 rings (SSSR count). The number of likely N-dealkylation sites (N-methyl/N-ethyl adjacent to an activating group) is 1. The number of carbonyl (C=O) groups excluding carboxylic acids is 3. The molecule has 13 heteroatoms. The topological polar surface area (TPSA) is 154 Å². The fourth-order valence-electron chi connectivity index (χ4n) is 4.54. The number of amides is 2. The van der Waals surface area contributed by atoms with E-state index in [4.69, 9.17) is 4.74 Å². The van der Waals surface area contributed by atoms with E-state index in [2.05, 4.69) is 10.2 Å². The maximum atomic E-state index is 13.7. The number of aliphatic carboxylic acids is 1. The Labute approximate surface area is 232 Å². The number of hydrogen-bond acceptors (Lipinski definition) is 9. The summed E-state index contributed by atoms with van der Waals surface area (Å²) in [6.07, 6.45) is -1.08. The van der Waals surface area contributed by atoms with Gasteiger partial charge in [-0.2, -0.15) is 0 Å². The van der Waals surface area contributed by atoms with E-state index in [9.17, 15) is 32.7 Å². The molecule has 2 heterocycles. The number of carboxylic acids is 1. The van der Waals surface area contributed by atoms with Crippen LogP contribution in [0.4, 0.5) is 4.79 Å². The summed E-state index contributed by atoms with van der Waals surface area (Å²) < 4.78 is 33.1. The lowest BCUT2D eigenvalue weighted by atomic mass is 10.0. The van der Waals surface area contributed by atoms with Gasteiger partial charge in [0.05, 0.1) is 17.5 Å². The third kappa shape index (κ3) is 6.66. The number of sulfonamides is 1. The van der Waals surface area contributed by atoms with Crippen molar-refractivity contribution in [3.63, 3.8) is 0 Å². The van der Waals surface area contributed by atoms with Crippen LogP contribution in [0.15, 0.2) is 53.4 Å². The summed E-state index contributed by atoms with van der Waals surface area (Å²) in [6, 6.07) is 8.75. The number of ketones is 1. The molecule has 2 aromatic rings. The molecule has 0 radical (unpaired) electrons. The lowest BCUT2D eigenvalue weighted by molar-refractivity contribution is -0.146. The minimum atomic E-state index is -4.60. The van der Waals surface area contributed by atoms with E-state index in [-0.39, 0.29) is 35.8 Å². The number of ether oxygens (including phenoxy) is 1. The molecule has 2 fully saturated rings. The first kappa shape index (κ1) is 29.2. The highest BCUT2D eigenvalue weighted by Gasteiger charge is 2.44. The zero-order valence-corrected chi connectivity index (χ0v) is 23.1. The Balaban J connectivity index is 1.57. The quantitative estimate of drug-likeness (QED) is 0.466. The second-order valence-electron chi connectivity index (χ2n) is 9.99.